The Bertz CT molecular complexity index is 807. The Labute approximate surface area is 153 Å². The molecule has 0 radical (unpaired) electrons. The minimum absolute atomic E-state index is 0.0440. The molecule has 0 spiro atoms. The van der Waals surface area contributed by atoms with Crippen LogP contribution >= 0.6 is 0 Å². The SMILES string of the molecule is C=C(NCC(c1ccccc1)c1ccccc1)/C(N)=C(N)\N=C(/N)C#N. The van der Waals surface area contributed by atoms with Crippen molar-refractivity contribution in [3.05, 3.63) is 95.6 Å². The number of aliphatic imine (C=N–C) groups is 1. The van der Waals surface area contributed by atoms with Gasteiger partial charge in [-0.3, -0.25) is 0 Å². The molecular formula is C20H22N6. The average Bonchev–Trinajstić information content (AvgIpc) is 2.68. The highest BCUT2D eigenvalue weighted by Crippen LogP contribution is 2.24. The van der Waals surface area contributed by atoms with Crippen LogP contribution < -0.4 is 22.5 Å². The van der Waals surface area contributed by atoms with E-state index >= 15 is 0 Å². The Hall–Kier alpha value is -3.72. The second-order valence-electron chi connectivity index (χ2n) is 5.64. The first-order valence-electron chi connectivity index (χ1n) is 8.05. The maximum Gasteiger partial charge on any atom is 0.205 e. The number of hydrogen-bond donors (Lipinski definition) is 4. The lowest BCUT2D eigenvalue weighted by Crippen LogP contribution is -2.26. The molecule has 0 amide bonds. The van der Waals surface area contributed by atoms with Gasteiger partial charge in [0.05, 0.1) is 11.4 Å². The van der Waals surface area contributed by atoms with Crippen LogP contribution in [0.3, 0.4) is 0 Å². The normalized spacial score (nSPS) is 12.2. The van der Waals surface area contributed by atoms with Gasteiger partial charge in [-0.05, 0) is 11.1 Å². The molecule has 0 atom stereocenters. The van der Waals surface area contributed by atoms with E-state index in [2.05, 4.69) is 41.2 Å². The fraction of sp³-hybridized carbons (Fsp3) is 0.100. The fourth-order valence-electron chi connectivity index (χ4n) is 2.49. The molecular weight excluding hydrogens is 324 g/mol. The van der Waals surface area contributed by atoms with Crippen molar-refractivity contribution < 1.29 is 0 Å². The Kier molecular flexibility index (Phi) is 6.40. The average molecular weight is 346 g/mol. The van der Waals surface area contributed by atoms with Crippen molar-refractivity contribution in [1.29, 1.82) is 5.26 Å². The minimum atomic E-state index is -0.260. The fourth-order valence-corrected chi connectivity index (χ4v) is 2.49. The quantitative estimate of drug-likeness (QED) is 0.346. The smallest absolute Gasteiger partial charge is 0.205 e. The van der Waals surface area contributed by atoms with Crippen LogP contribution in [0.25, 0.3) is 0 Å². The third kappa shape index (κ3) is 4.89. The standard InChI is InChI=1S/C20H22N6/c1-14(19(23)20(24)26-18(22)12-21)25-13-17(15-8-4-2-5-9-15)16-10-6-3-7-11-16/h2-11,17,25H,1,13,23-24H2,(H2,22,26)/b20-19+. The van der Waals surface area contributed by atoms with Gasteiger partial charge < -0.3 is 22.5 Å². The summed E-state index contributed by atoms with van der Waals surface area (Å²) in [4.78, 5) is 3.72. The molecule has 0 aliphatic carbocycles. The maximum atomic E-state index is 8.67. The van der Waals surface area contributed by atoms with E-state index in [0.717, 1.165) is 0 Å². The van der Waals surface area contributed by atoms with Gasteiger partial charge in [0.15, 0.2) is 5.82 Å². The summed E-state index contributed by atoms with van der Waals surface area (Å²) in [6.07, 6.45) is 0. The van der Waals surface area contributed by atoms with Gasteiger partial charge >= 0.3 is 0 Å². The number of benzene rings is 2. The second kappa shape index (κ2) is 8.94. The summed E-state index contributed by atoms with van der Waals surface area (Å²) >= 11 is 0. The van der Waals surface area contributed by atoms with Crippen molar-refractivity contribution in [2.75, 3.05) is 6.54 Å². The monoisotopic (exact) mass is 346 g/mol. The largest absolute Gasteiger partial charge is 0.394 e. The summed E-state index contributed by atoms with van der Waals surface area (Å²) in [6, 6.07) is 22.0. The highest BCUT2D eigenvalue weighted by molar-refractivity contribution is 5.95. The molecule has 132 valence electrons. The molecule has 2 aromatic carbocycles. The van der Waals surface area contributed by atoms with E-state index in [9.17, 15) is 0 Å². The third-order valence-electron chi connectivity index (χ3n) is 3.88. The first-order valence-corrected chi connectivity index (χ1v) is 8.05. The minimum Gasteiger partial charge on any atom is -0.394 e. The van der Waals surface area contributed by atoms with Crippen LogP contribution in [0, 0.1) is 11.3 Å². The first kappa shape index (κ1) is 18.6. The molecule has 0 bridgehead atoms. The van der Waals surface area contributed by atoms with Crippen molar-refractivity contribution in [3.8, 4) is 6.07 Å². The zero-order valence-corrected chi connectivity index (χ0v) is 14.4. The Morgan fingerprint density at radius 2 is 1.50 bits per heavy atom. The van der Waals surface area contributed by atoms with Crippen LogP contribution in [-0.4, -0.2) is 12.4 Å². The van der Waals surface area contributed by atoms with Gasteiger partial charge in [-0.15, -0.1) is 0 Å². The van der Waals surface area contributed by atoms with Crippen LogP contribution in [0.15, 0.2) is 89.5 Å². The Balaban J connectivity index is 2.19. The van der Waals surface area contributed by atoms with Crippen molar-refractivity contribution in [2.45, 2.75) is 5.92 Å². The van der Waals surface area contributed by atoms with E-state index < -0.39 is 0 Å². The lowest BCUT2D eigenvalue weighted by Gasteiger charge is -2.20. The summed E-state index contributed by atoms with van der Waals surface area (Å²) in [7, 11) is 0. The maximum absolute atomic E-state index is 8.67. The molecule has 0 aromatic heterocycles. The zero-order valence-electron chi connectivity index (χ0n) is 14.4. The molecule has 0 aliphatic rings. The number of amidine groups is 1. The van der Waals surface area contributed by atoms with Gasteiger partial charge in [-0.1, -0.05) is 67.2 Å². The van der Waals surface area contributed by atoms with Gasteiger partial charge in [0.25, 0.3) is 0 Å². The van der Waals surface area contributed by atoms with Crippen LogP contribution in [0.4, 0.5) is 0 Å². The van der Waals surface area contributed by atoms with Gasteiger partial charge in [-0.2, -0.15) is 5.26 Å². The molecule has 6 heteroatoms. The summed E-state index contributed by atoms with van der Waals surface area (Å²) in [5, 5.41) is 11.9. The zero-order chi connectivity index (χ0) is 18.9. The highest BCUT2D eigenvalue weighted by atomic mass is 15.0. The van der Waals surface area contributed by atoms with E-state index in [1.807, 2.05) is 36.4 Å². The molecule has 0 saturated heterocycles. The van der Waals surface area contributed by atoms with Crippen LogP contribution in [0.1, 0.15) is 17.0 Å². The summed E-state index contributed by atoms with van der Waals surface area (Å²) in [5.41, 5.74) is 20.0. The molecule has 0 aliphatic heterocycles. The topological polar surface area (TPSA) is 126 Å². The number of nitriles is 1. The van der Waals surface area contributed by atoms with Crippen molar-refractivity contribution in [2.24, 2.45) is 22.2 Å². The number of nitrogens with zero attached hydrogens (tertiary/aromatic N) is 2. The summed E-state index contributed by atoms with van der Waals surface area (Å²) in [6.45, 7) is 4.47. The van der Waals surface area contributed by atoms with E-state index in [-0.39, 0.29) is 23.3 Å². The molecule has 2 rings (SSSR count). The highest BCUT2D eigenvalue weighted by Gasteiger charge is 2.14. The Morgan fingerprint density at radius 3 is 1.96 bits per heavy atom. The van der Waals surface area contributed by atoms with Crippen molar-refractivity contribution in [1.82, 2.24) is 5.32 Å². The van der Waals surface area contributed by atoms with Gasteiger partial charge in [0.1, 0.15) is 6.07 Å². The second-order valence-corrected chi connectivity index (χ2v) is 5.64. The molecule has 0 saturated carbocycles. The number of rotatable bonds is 7. The lowest BCUT2D eigenvalue weighted by atomic mass is 9.91. The predicted octanol–water partition coefficient (Wildman–Crippen LogP) is 1.89. The number of nitrogens with two attached hydrogens (primary N) is 3. The Morgan fingerprint density at radius 1 is 1.00 bits per heavy atom. The van der Waals surface area contributed by atoms with Crippen LogP contribution in [0.5, 0.6) is 0 Å². The third-order valence-corrected chi connectivity index (χ3v) is 3.88. The van der Waals surface area contributed by atoms with E-state index in [0.29, 0.717) is 12.2 Å². The molecule has 7 N–H and O–H groups in total. The number of hydrogen-bond acceptors (Lipinski definition) is 5. The summed E-state index contributed by atoms with van der Waals surface area (Å²) in [5.74, 6) is -0.196. The van der Waals surface area contributed by atoms with E-state index in [4.69, 9.17) is 22.5 Å². The molecule has 2 aromatic rings. The van der Waals surface area contributed by atoms with Crippen molar-refractivity contribution in [3.63, 3.8) is 0 Å². The predicted molar refractivity (Wildman–Crippen MR) is 105 cm³/mol. The number of nitrogens with one attached hydrogen (secondary N) is 1. The van der Waals surface area contributed by atoms with Gasteiger partial charge in [0.2, 0.25) is 5.84 Å². The van der Waals surface area contributed by atoms with Gasteiger partial charge in [-0.25, -0.2) is 4.99 Å². The molecule has 0 unspecified atom stereocenters. The van der Waals surface area contributed by atoms with Crippen LogP contribution in [-0.2, 0) is 0 Å². The van der Waals surface area contributed by atoms with Crippen molar-refractivity contribution >= 4 is 5.84 Å². The summed E-state index contributed by atoms with van der Waals surface area (Å²) < 4.78 is 0. The van der Waals surface area contributed by atoms with E-state index in [1.54, 1.807) is 6.07 Å². The van der Waals surface area contributed by atoms with Crippen LogP contribution in [0.2, 0.25) is 0 Å². The first-order chi connectivity index (χ1) is 12.5. The lowest BCUT2D eigenvalue weighted by molar-refractivity contribution is 0.710. The van der Waals surface area contributed by atoms with Gasteiger partial charge in [0, 0.05) is 12.5 Å². The van der Waals surface area contributed by atoms with E-state index in [1.165, 1.54) is 11.1 Å². The molecule has 6 nitrogen and oxygen atoms in total. The molecule has 0 fully saturated rings. The molecule has 26 heavy (non-hydrogen) atoms. The molecule has 0 heterocycles.